The molecule has 2 heterocycles. The molecule has 0 bridgehead atoms. The van der Waals surface area contributed by atoms with Crippen LogP contribution in [0.1, 0.15) is 41.8 Å². The van der Waals surface area contributed by atoms with Gasteiger partial charge in [0, 0.05) is 0 Å². The van der Waals surface area contributed by atoms with E-state index in [0.717, 1.165) is 6.54 Å². The van der Waals surface area contributed by atoms with E-state index in [2.05, 4.69) is 9.97 Å². The molecule has 2 aromatic rings. The summed E-state index contributed by atoms with van der Waals surface area (Å²) in [5.74, 6) is 0.203. The molecule has 22 heavy (non-hydrogen) atoms. The van der Waals surface area contributed by atoms with Crippen LogP contribution in [-0.4, -0.2) is 40.5 Å². The maximum absolute atomic E-state index is 12.3. The molecule has 7 heteroatoms. The van der Waals surface area contributed by atoms with Gasteiger partial charge in [0.25, 0.3) is 5.56 Å². The fourth-order valence-electron chi connectivity index (χ4n) is 2.09. The van der Waals surface area contributed by atoms with Gasteiger partial charge < -0.3 is 9.72 Å². The average molecular weight is 323 g/mol. The Balaban J connectivity index is 2.47. The molecule has 0 aromatic carbocycles. The monoisotopic (exact) mass is 323 g/mol. The molecule has 0 saturated carbocycles. The predicted molar refractivity (Wildman–Crippen MR) is 87.5 cm³/mol. The van der Waals surface area contributed by atoms with E-state index in [0.29, 0.717) is 33.0 Å². The standard InChI is InChI=1S/C15H21N3O3S/c1-6-18(5)7-10-16-13(19)11-9(4)12(22-14(11)17-10)15(20)21-8(2)3/h8H,6-7H2,1-5H3,(H,16,17,19). The van der Waals surface area contributed by atoms with Gasteiger partial charge in [0.2, 0.25) is 0 Å². The molecule has 0 unspecified atom stereocenters. The van der Waals surface area contributed by atoms with Crippen molar-refractivity contribution in [1.82, 2.24) is 14.9 Å². The molecular weight excluding hydrogens is 302 g/mol. The number of esters is 1. The summed E-state index contributed by atoms with van der Waals surface area (Å²) in [6, 6.07) is 0. The number of carbonyl (C=O) groups is 1. The largest absolute Gasteiger partial charge is 0.459 e. The molecule has 0 aliphatic carbocycles. The van der Waals surface area contributed by atoms with E-state index >= 15 is 0 Å². The topological polar surface area (TPSA) is 75.3 Å². The lowest BCUT2D eigenvalue weighted by Crippen LogP contribution is -2.21. The van der Waals surface area contributed by atoms with Crippen LogP contribution >= 0.6 is 11.3 Å². The van der Waals surface area contributed by atoms with Crippen LogP contribution in [0.2, 0.25) is 0 Å². The molecule has 0 saturated heterocycles. The summed E-state index contributed by atoms with van der Waals surface area (Å²) in [5, 5.41) is 0.476. The second kappa shape index (κ2) is 6.58. The van der Waals surface area contributed by atoms with Gasteiger partial charge in [0.05, 0.1) is 18.0 Å². The number of hydrogen-bond acceptors (Lipinski definition) is 6. The number of hydrogen-bond donors (Lipinski definition) is 1. The van der Waals surface area contributed by atoms with E-state index in [1.807, 2.05) is 18.9 Å². The molecule has 0 aliphatic heterocycles. The summed E-state index contributed by atoms with van der Waals surface area (Å²) < 4.78 is 5.22. The number of aryl methyl sites for hydroxylation is 1. The third-order valence-corrected chi connectivity index (χ3v) is 4.50. The number of nitrogens with zero attached hydrogens (tertiary/aromatic N) is 2. The molecule has 1 N–H and O–H groups in total. The lowest BCUT2D eigenvalue weighted by Gasteiger charge is -2.12. The first-order valence-electron chi connectivity index (χ1n) is 7.25. The van der Waals surface area contributed by atoms with Crippen LogP contribution in [0.3, 0.4) is 0 Å². The Morgan fingerprint density at radius 1 is 1.45 bits per heavy atom. The third kappa shape index (κ3) is 3.36. The Kier molecular flexibility index (Phi) is 4.97. The van der Waals surface area contributed by atoms with Crippen LogP contribution in [0, 0.1) is 6.92 Å². The highest BCUT2D eigenvalue weighted by atomic mass is 32.1. The number of nitrogens with one attached hydrogen (secondary N) is 1. The smallest absolute Gasteiger partial charge is 0.348 e. The number of rotatable bonds is 5. The van der Waals surface area contributed by atoms with Gasteiger partial charge >= 0.3 is 5.97 Å². The van der Waals surface area contributed by atoms with Crippen molar-refractivity contribution in [2.45, 2.75) is 40.3 Å². The molecule has 0 amide bonds. The van der Waals surface area contributed by atoms with Crippen molar-refractivity contribution >= 4 is 27.5 Å². The van der Waals surface area contributed by atoms with Crippen LogP contribution in [0.25, 0.3) is 10.2 Å². The fraction of sp³-hybridized carbons (Fsp3) is 0.533. The highest BCUT2D eigenvalue weighted by Crippen LogP contribution is 2.28. The molecule has 2 aromatic heterocycles. The number of H-pyrrole nitrogens is 1. The second-order valence-corrected chi connectivity index (χ2v) is 6.53. The molecule has 120 valence electrons. The van der Waals surface area contributed by atoms with Crippen molar-refractivity contribution in [3.63, 3.8) is 0 Å². The normalized spacial score (nSPS) is 11.6. The molecule has 2 rings (SSSR count). The second-order valence-electron chi connectivity index (χ2n) is 5.53. The lowest BCUT2D eigenvalue weighted by atomic mass is 10.2. The van der Waals surface area contributed by atoms with Gasteiger partial charge in [-0.25, -0.2) is 9.78 Å². The van der Waals surface area contributed by atoms with Crippen molar-refractivity contribution in [2.75, 3.05) is 13.6 Å². The Morgan fingerprint density at radius 3 is 2.73 bits per heavy atom. The van der Waals surface area contributed by atoms with Gasteiger partial charge in [-0.1, -0.05) is 6.92 Å². The van der Waals surface area contributed by atoms with Gasteiger partial charge in [-0.15, -0.1) is 11.3 Å². The first-order chi connectivity index (χ1) is 10.3. The summed E-state index contributed by atoms with van der Waals surface area (Å²) in [6.45, 7) is 8.80. The number of thiophene rings is 1. The number of aromatic amines is 1. The van der Waals surface area contributed by atoms with Crippen LogP contribution in [0.15, 0.2) is 4.79 Å². The summed E-state index contributed by atoms with van der Waals surface area (Å²) in [7, 11) is 1.95. The van der Waals surface area contributed by atoms with Gasteiger partial charge in [0.1, 0.15) is 15.5 Å². The van der Waals surface area contributed by atoms with E-state index < -0.39 is 5.97 Å². The van der Waals surface area contributed by atoms with Crippen molar-refractivity contribution in [3.8, 4) is 0 Å². The number of fused-ring (bicyclic) bond motifs is 1. The Hall–Kier alpha value is -1.73. The number of carbonyl (C=O) groups excluding carboxylic acids is 1. The minimum Gasteiger partial charge on any atom is -0.459 e. The number of aromatic nitrogens is 2. The maximum atomic E-state index is 12.3. The number of ether oxygens (including phenoxy) is 1. The van der Waals surface area contributed by atoms with Gasteiger partial charge in [-0.2, -0.15) is 0 Å². The zero-order chi connectivity index (χ0) is 16.4. The lowest BCUT2D eigenvalue weighted by molar-refractivity contribution is 0.0383. The molecule has 6 nitrogen and oxygen atoms in total. The van der Waals surface area contributed by atoms with E-state index in [-0.39, 0.29) is 11.7 Å². The summed E-state index contributed by atoms with van der Waals surface area (Å²) in [4.78, 5) is 34.7. The molecular formula is C15H21N3O3S. The molecule has 0 atom stereocenters. The zero-order valence-corrected chi connectivity index (χ0v) is 14.3. The van der Waals surface area contributed by atoms with Gasteiger partial charge in [-0.05, 0) is 39.9 Å². The Morgan fingerprint density at radius 2 is 2.14 bits per heavy atom. The van der Waals surface area contributed by atoms with Crippen LogP contribution < -0.4 is 5.56 Å². The van der Waals surface area contributed by atoms with Crippen molar-refractivity contribution < 1.29 is 9.53 Å². The van der Waals surface area contributed by atoms with E-state index in [1.54, 1.807) is 20.8 Å². The third-order valence-electron chi connectivity index (χ3n) is 3.34. The fourth-order valence-corrected chi connectivity index (χ4v) is 3.18. The molecule has 0 aliphatic rings. The summed E-state index contributed by atoms with van der Waals surface area (Å²) in [6.07, 6.45) is -0.197. The molecule has 0 spiro atoms. The minimum absolute atomic E-state index is 0.197. The SMILES string of the molecule is CCN(C)Cc1nc2sc(C(=O)OC(C)C)c(C)c2c(=O)[nH]1. The first kappa shape index (κ1) is 16.6. The van der Waals surface area contributed by atoms with Gasteiger partial charge in [0.15, 0.2) is 0 Å². The van der Waals surface area contributed by atoms with Crippen molar-refractivity contribution in [3.05, 3.63) is 26.6 Å². The average Bonchev–Trinajstić information content (AvgIpc) is 2.75. The first-order valence-corrected chi connectivity index (χ1v) is 8.07. The van der Waals surface area contributed by atoms with Crippen LogP contribution in [0.4, 0.5) is 0 Å². The van der Waals surface area contributed by atoms with E-state index in [4.69, 9.17) is 4.74 Å². The predicted octanol–water partition coefficient (Wildman–Crippen LogP) is 2.31. The van der Waals surface area contributed by atoms with Crippen molar-refractivity contribution in [2.24, 2.45) is 0 Å². The van der Waals surface area contributed by atoms with Crippen LogP contribution in [-0.2, 0) is 11.3 Å². The highest BCUT2D eigenvalue weighted by molar-refractivity contribution is 7.20. The summed E-state index contributed by atoms with van der Waals surface area (Å²) in [5.41, 5.74) is 0.427. The van der Waals surface area contributed by atoms with Crippen LogP contribution in [0.5, 0.6) is 0 Å². The Labute approximate surface area is 133 Å². The van der Waals surface area contributed by atoms with Crippen molar-refractivity contribution in [1.29, 1.82) is 0 Å². The summed E-state index contributed by atoms with van der Waals surface area (Å²) >= 11 is 1.21. The maximum Gasteiger partial charge on any atom is 0.348 e. The molecule has 0 fully saturated rings. The van der Waals surface area contributed by atoms with E-state index in [9.17, 15) is 9.59 Å². The molecule has 0 radical (unpaired) electrons. The zero-order valence-electron chi connectivity index (χ0n) is 13.5. The quantitative estimate of drug-likeness (QED) is 0.855. The van der Waals surface area contributed by atoms with Gasteiger partial charge in [-0.3, -0.25) is 9.69 Å². The minimum atomic E-state index is -0.401. The Bertz CT molecular complexity index is 748. The van der Waals surface area contributed by atoms with E-state index in [1.165, 1.54) is 11.3 Å². The highest BCUT2D eigenvalue weighted by Gasteiger charge is 2.21.